The number of likely N-dealkylation sites (tertiary alicyclic amines) is 1. The van der Waals surface area contributed by atoms with Crippen LogP contribution >= 0.6 is 0 Å². The van der Waals surface area contributed by atoms with Gasteiger partial charge in [0.2, 0.25) is 0 Å². The van der Waals surface area contributed by atoms with Crippen molar-refractivity contribution in [1.29, 1.82) is 0 Å². The van der Waals surface area contributed by atoms with Gasteiger partial charge in [0.15, 0.2) is 0 Å². The van der Waals surface area contributed by atoms with Crippen LogP contribution in [0.4, 0.5) is 4.79 Å². The highest BCUT2D eigenvalue weighted by Gasteiger charge is 2.34. The zero-order chi connectivity index (χ0) is 15.2. The average molecular weight is 285 g/mol. The van der Waals surface area contributed by atoms with E-state index in [0.717, 1.165) is 19.6 Å². The lowest BCUT2D eigenvalue weighted by Crippen LogP contribution is -2.56. The number of carboxylic acid groups (broad SMARTS) is 1. The number of rotatable bonds is 7. The number of nitrogens with zero attached hydrogens (tertiary/aromatic N) is 2. The van der Waals surface area contributed by atoms with Crippen LogP contribution in [0.5, 0.6) is 0 Å². The number of carbonyl (C=O) groups excluding carboxylic acids is 1. The van der Waals surface area contributed by atoms with Crippen molar-refractivity contribution < 1.29 is 14.7 Å². The Hall–Kier alpha value is -1.30. The van der Waals surface area contributed by atoms with Crippen LogP contribution < -0.4 is 5.32 Å². The molecule has 1 unspecified atom stereocenters. The molecule has 116 valence electrons. The molecule has 1 rings (SSSR count). The second-order valence-corrected chi connectivity index (χ2v) is 5.79. The summed E-state index contributed by atoms with van der Waals surface area (Å²) in [7, 11) is 1.71. The Labute approximate surface area is 121 Å². The van der Waals surface area contributed by atoms with Crippen molar-refractivity contribution in [3.05, 3.63) is 0 Å². The van der Waals surface area contributed by atoms with Gasteiger partial charge in [-0.1, -0.05) is 13.3 Å². The van der Waals surface area contributed by atoms with Gasteiger partial charge in [-0.15, -0.1) is 0 Å². The molecule has 1 aliphatic heterocycles. The first kappa shape index (κ1) is 16.8. The van der Waals surface area contributed by atoms with E-state index in [2.05, 4.69) is 10.2 Å². The van der Waals surface area contributed by atoms with Crippen molar-refractivity contribution in [1.82, 2.24) is 15.1 Å². The SMILES string of the molecule is CCCC(C)(NC(=O)N(C)CCN1CCCC1)C(=O)O. The molecule has 1 atom stereocenters. The predicted octanol–water partition coefficient (Wildman–Crippen LogP) is 1.37. The van der Waals surface area contributed by atoms with Crippen LogP contribution in [-0.4, -0.2) is 65.7 Å². The van der Waals surface area contributed by atoms with E-state index in [1.54, 1.807) is 18.9 Å². The molecule has 1 fully saturated rings. The van der Waals surface area contributed by atoms with Crippen molar-refractivity contribution in [2.24, 2.45) is 0 Å². The molecule has 0 bridgehead atoms. The average Bonchev–Trinajstić information content (AvgIpc) is 2.88. The zero-order valence-corrected chi connectivity index (χ0v) is 12.8. The van der Waals surface area contributed by atoms with E-state index >= 15 is 0 Å². The monoisotopic (exact) mass is 285 g/mol. The van der Waals surface area contributed by atoms with Crippen LogP contribution in [-0.2, 0) is 4.79 Å². The lowest BCUT2D eigenvalue weighted by molar-refractivity contribution is -0.144. The number of hydrogen-bond acceptors (Lipinski definition) is 3. The van der Waals surface area contributed by atoms with Crippen molar-refractivity contribution in [3.63, 3.8) is 0 Å². The lowest BCUT2D eigenvalue weighted by atomic mass is 9.96. The summed E-state index contributed by atoms with van der Waals surface area (Å²) >= 11 is 0. The molecule has 20 heavy (non-hydrogen) atoms. The summed E-state index contributed by atoms with van der Waals surface area (Å²) in [5.74, 6) is -0.986. The molecule has 0 radical (unpaired) electrons. The Morgan fingerprint density at radius 3 is 2.45 bits per heavy atom. The number of urea groups is 1. The molecule has 1 aliphatic rings. The fourth-order valence-corrected chi connectivity index (χ4v) is 2.45. The maximum atomic E-state index is 12.1. The van der Waals surface area contributed by atoms with Crippen LogP contribution in [0.1, 0.15) is 39.5 Å². The Bertz CT molecular complexity index is 343. The summed E-state index contributed by atoms with van der Waals surface area (Å²) in [6, 6.07) is -0.317. The van der Waals surface area contributed by atoms with Crippen molar-refractivity contribution >= 4 is 12.0 Å². The fourth-order valence-electron chi connectivity index (χ4n) is 2.45. The van der Waals surface area contributed by atoms with Gasteiger partial charge in [0.05, 0.1) is 0 Å². The molecule has 0 aromatic carbocycles. The Kier molecular flexibility index (Phi) is 6.26. The summed E-state index contributed by atoms with van der Waals surface area (Å²) in [5.41, 5.74) is -1.19. The zero-order valence-electron chi connectivity index (χ0n) is 12.8. The van der Waals surface area contributed by atoms with Crippen LogP contribution in [0.3, 0.4) is 0 Å². The lowest BCUT2D eigenvalue weighted by Gasteiger charge is -2.29. The Morgan fingerprint density at radius 1 is 1.35 bits per heavy atom. The van der Waals surface area contributed by atoms with Crippen molar-refractivity contribution in [2.75, 3.05) is 33.2 Å². The van der Waals surface area contributed by atoms with E-state index < -0.39 is 11.5 Å². The van der Waals surface area contributed by atoms with Gasteiger partial charge < -0.3 is 20.2 Å². The van der Waals surface area contributed by atoms with Crippen LogP contribution in [0.15, 0.2) is 0 Å². The smallest absolute Gasteiger partial charge is 0.329 e. The van der Waals surface area contributed by atoms with Gasteiger partial charge in [0, 0.05) is 20.1 Å². The minimum Gasteiger partial charge on any atom is -0.480 e. The maximum Gasteiger partial charge on any atom is 0.329 e. The number of hydrogen-bond donors (Lipinski definition) is 2. The highest BCUT2D eigenvalue weighted by atomic mass is 16.4. The van der Waals surface area contributed by atoms with E-state index in [1.807, 2.05) is 6.92 Å². The summed E-state index contributed by atoms with van der Waals surface area (Å²) in [6.45, 7) is 7.13. The largest absolute Gasteiger partial charge is 0.480 e. The van der Waals surface area contributed by atoms with E-state index in [4.69, 9.17) is 0 Å². The summed E-state index contributed by atoms with van der Waals surface area (Å²) in [5, 5.41) is 11.9. The minimum atomic E-state index is -1.19. The molecule has 0 aliphatic carbocycles. The van der Waals surface area contributed by atoms with Gasteiger partial charge in [0.25, 0.3) is 0 Å². The molecule has 1 saturated heterocycles. The number of amides is 2. The molecule has 1 heterocycles. The van der Waals surface area contributed by atoms with Crippen molar-refractivity contribution in [3.8, 4) is 0 Å². The standard InChI is InChI=1S/C14H27N3O3/c1-4-7-14(2,12(18)19)15-13(20)16(3)10-11-17-8-5-6-9-17/h4-11H2,1-3H3,(H,15,20)(H,18,19). The minimum absolute atomic E-state index is 0.317. The quantitative estimate of drug-likeness (QED) is 0.741. The number of carbonyl (C=O) groups is 2. The summed E-state index contributed by atoms with van der Waals surface area (Å²) in [6.07, 6.45) is 3.58. The normalized spacial score (nSPS) is 18.6. The molecule has 6 heteroatoms. The molecular formula is C14H27N3O3. The predicted molar refractivity (Wildman–Crippen MR) is 77.8 cm³/mol. The highest BCUT2D eigenvalue weighted by molar-refractivity contribution is 5.85. The topological polar surface area (TPSA) is 72.9 Å². The van der Waals surface area contributed by atoms with E-state index in [-0.39, 0.29) is 6.03 Å². The molecule has 0 spiro atoms. The first-order valence-electron chi connectivity index (χ1n) is 7.38. The first-order valence-corrected chi connectivity index (χ1v) is 7.38. The molecule has 6 nitrogen and oxygen atoms in total. The van der Waals surface area contributed by atoms with Gasteiger partial charge in [-0.05, 0) is 39.3 Å². The molecule has 2 amide bonds. The number of nitrogens with one attached hydrogen (secondary N) is 1. The van der Waals surface area contributed by atoms with E-state index in [0.29, 0.717) is 19.4 Å². The van der Waals surface area contributed by atoms with Crippen molar-refractivity contribution in [2.45, 2.75) is 45.1 Å². The van der Waals surface area contributed by atoms with Gasteiger partial charge in [-0.3, -0.25) is 0 Å². The van der Waals surface area contributed by atoms with Gasteiger partial charge in [-0.25, -0.2) is 9.59 Å². The maximum absolute atomic E-state index is 12.1. The molecule has 0 aromatic rings. The molecule has 2 N–H and O–H groups in total. The number of carboxylic acids is 1. The first-order chi connectivity index (χ1) is 9.39. The molecule has 0 aromatic heterocycles. The second-order valence-electron chi connectivity index (χ2n) is 5.79. The van der Waals surface area contributed by atoms with Crippen LogP contribution in [0, 0.1) is 0 Å². The number of aliphatic carboxylic acids is 1. The fraction of sp³-hybridized carbons (Fsp3) is 0.857. The third kappa shape index (κ3) is 4.67. The van der Waals surface area contributed by atoms with Gasteiger partial charge in [-0.2, -0.15) is 0 Å². The summed E-state index contributed by atoms with van der Waals surface area (Å²) < 4.78 is 0. The Balaban J connectivity index is 2.44. The van der Waals surface area contributed by atoms with Crippen LogP contribution in [0.2, 0.25) is 0 Å². The Morgan fingerprint density at radius 2 is 1.95 bits per heavy atom. The van der Waals surface area contributed by atoms with E-state index in [1.165, 1.54) is 12.8 Å². The van der Waals surface area contributed by atoms with Gasteiger partial charge in [0.1, 0.15) is 5.54 Å². The third-order valence-electron chi connectivity index (χ3n) is 3.90. The van der Waals surface area contributed by atoms with Crippen LogP contribution in [0.25, 0.3) is 0 Å². The van der Waals surface area contributed by atoms with E-state index in [9.17, 15) is 14.7 Å². The molecular weight excluding hydrogens is 258 g/mol. The highest BCUT2D eigenvalue weighted by Crippen LogP contribution is 2.13. The number of likely N-dealkylation sites (N-methyl/N-ethyl adjacent to an activating group) is 1. The third-order valence-corrected chi connectivity index (χ3v) is 3.90. The van der Waals surface area contributed by atoms with Gasteiger partial charge >= 0.3 is 12.0 Å². The molecule has 0 saturated carbocycles. The second kappa shape index (κ2) is 7.47. The summed E-state index contributed by atoms with van der Waals surface area (Å²) in [4.78, 5) is 27.3.